The molecule has 2 N–H and O–H groups in total. The highest BCUT2D eigenvalue weighted by Crippen LogP contribution is 2.32. The number of likely N-dealkylation sites (tertiary alicyclic amines) is 1. The van der Waals surface area contributed by atoms with Gasteiger partial charge in [-0.15, -0.1) is 0 Å². The van der Waals surface area contributed by atoms with E-state index in [1.807, 2.05) is 12.1 Å². The lowest BCUT2D eigenvalue weighted by Gasteiger charge is -2.23. The second kappa shape index (κ2) is 9.48. The van der Waals surface area contributed by atoms with Gasteiger partial charge in [0.1, 0.15) is 5.76 Å². The largest absolute Gasteiger partial charge is 0.469 e. The van der Waals surface area contributed by atoms with Crippen LogP contribution in [0.15, 0.2) is 27.8 Å². The molecule has 1 atom stereocenters. The maximum Gasteiger partial charge on any atom is 0.223 e. The van der Waals surface area contributed by atoms with Gasteiger partial charge in [-0.1, -0.05) is 19.3 Å². The first-order chi connectivity index (χ1) is 13.8. The molecule has 0 radical (unpaired) electrons. The van der Waals surface area contributed by atoms with Crippen molar-refractivity contribution < 1.29 is 9.21 Å². The average molecular weight is 387 g/mol. The van der Waals surface area contributed by atoms with Crippen molar-refractivity contribution in [1.29, 1.82) is 0 Å². The maximum atomic E-state index is 12.2. The molecule has 2 heterocycles. The number of hydrogen-bond donors (Lipinski definition) is 2. The van der Waals surface area contributed by atoms with Gasteiger partial charge >= 0.3 is 0 Å². The van der Waals surface area contributed by atoms with Crippen LogP contribution in [0.2, 0.25) is 0 Å². The third kappa shape index (κ3) is 5.52. The Balaban J connectivity index is 1.28. The molecule has 1 aliphatic heterocycles. The lowest BCUT2D eigenvalue weighted by molar-refractivity contribution is -0.128. The van der Waals surface area contributed by atoms with E-state index in [9.17, 15) is 4.79 Å². The molecule has 6 heteroatoms. The molecule has 4 rings (SSSR count). The van der Waals surface area contributed by atoms with Crippen molar-refractivity contribution >= 4 is 11.9 Å². The molecule has 154 valence electrons. The van der Waals surface area contributed by atoms with Crippen LogP contribution >= 0.6 is 0 Å². The molecule has 0 bridgehead atoms. The molecule has 0 spiro atoms. The summed E-state index contributed by atoms with van der Waals surface area (Å²) in [6, 6.07) is 4.45. The smallest absolute Gasteiger partial charge is 0.223 e. The quantitative estimate of drug-likeness (QED) is 0.532. The second-order valence-electron chi connectivity index (χ2n) is 8.68. The van der Waals surface area contributed by atoms with Crippen molar-refractivity contribution in [2.45, 2.75) is 63.8 Å². The number of aliphatic imine (C=N–C) groups is 1. The summed E-state index contributed by atoms with van der Waals surface area (Å²) in [7, 11) is 0. The zero-order chi connectivity index (χ0) is 19.2. The minimum Gasteiger partial charge on any atom is -0.469 e. The van der Waals surface area contributed by atoms with E-state index in [2.05, 4.69) is 15.5 Å². The summed E-state index contributed by atoms with van der Waals surface area (Å²) in [5, 5.41) is 7.02. The number of carbonyl (C=O) groups excluding carboxylic acids is 1. The Hall–Kier alpha value is -1.98. The molecule has 0 aromatic carbocycles. The van der Waals surface area contributed by atoms with Crippen molar-refractivity contribution in [3.05, 3.63) is 24.2 Å². The number of nitrogens with zero attached hydrogens (tertiary/aromatic N) is 2. The second-order valence-corrected chi connectivity index (χ2v) is 8.68. The van der Waals surface area contributed by atoms with Crippen LogP contribution in [0.1, 0.15) is 57.1 Å². The topological polar surface area (TPSA) is 69.9 Å². The van der Waals surface area contributed by atoms with Crippen molar-refractivity contribution in [3.8, 4) is 0 Å². The van der Waals surface area contributed by atoms with Gasteiger partial charge in [0.2, 0.25) is 5.91 Å². The fraction of sp³-hybridized carbons (Fsp3) is 0.727. The van der Waals surface area contributed by atoms with Gasteiger partial charge in [-0.3, -0.25) is 9.79 Å². The molecule has 1 saturated heterocycles. The molecular weight excluding hydrogens is 352 g/mol. The summed E-state index contributed by atoms with van der Waals surface area (Å²) in [5.41, 5.74) is 0. The predicted octanol–water partition coefficient (Wildman–Crippen LogP) is 2.95. The lowest BCUT2D eigenvalue weighted by Crippen LogP contribution is -2.41. The first-order valence-corrected chi connectivity index (χ1v) is 11.1. The van der Waals surface area contributed by atoms with Crippen LogP contribution in [-0.2, 0) is 11.2 Å². The van der Waals surface area contributed by atoms with Crippen molar-refractivity contribution in [1.82, 2.24) is 15.5 Å². The number of nitrogens with one attached hydrogen (secondary N) is 2. The Morgan fingerprint density at radius 2 is 2.00 bits per heavy atom. The van der Waals surface area contributed by atoms with E-state index in [1.165, 1.54) is 44.9 Å². The predicted molar refractivity (Wildman–Crippen MR) is 110 cm³/mol. The van der Waals surface area contributed by atoms with Gasteiger partial charge in [0, 0.05) is 51.0 Å². The van der Waals surface area contributed by atoms with Gasteiger partial charge in [0.15, 0.2) is 5.96 Å². The van der Waals surface area contributed by atoms with Gasteiger partial charge in [-0.05, 0) is 43.7 Å². The summed E-state index contributed by atoms with van der Waals surface area (Å²) < 4.78 is 5.42. The number of rotatable bonds is 8. The Labute approximate surface area is 168 Å². The van der Waals surface area contributed by atoms with E-state index < -0.39 is 0 Å². The standard InChI is InChI=1S/C22H34N4O2/c27-21-13-18(16-26(21)19-8-9-19)15-25-22(23-11-10-20-7-4-12-28-20)24-14-17-5-2-1-3-6-17/h4,7,12,17-19H,1-3,5-6,8-11,13-16H2,(H2,23,24,25). The van der Waals surface area contributed by atoms with Crippen LogP contribution < -0.4 is 10.6 Å². The molecule has 3 aliphatic rings. The maximum absolute atomic E-state index is 12.2. The molecule has 1 aromatic heterocycles. The first kappa shape index (κ1) is 19.3. The summed E-state index contributed by atoms with van der Waals surface area (Å²) in [4.78, 5) is 19.1. The number of furan rings is 1. The summed E-state index contributed by atoms with van der Waals surface area (Å²) in [6.07, 6.45) is 12.3. The molecule has 6 nitrogen and oxygen atoms in total. The third-order valence-corrected chi connectivity index (χ3v) is 6.26. The van der Waals surface area contributed by atoms with E-state index in [-0.39, 0.29) is 0 Å². The summed E-state index contributed by atoms with van der Waals surface area (Å²) in [6.45, 7) is 3.39. The molecule has 2 saturated carbocycles. The van der Waals surface area contributed by atoms with Crippen LogP contribution in [0.3, 0.4) is 0 Å². The number of amides is 1. The highest BCUT2D eigenvalue weighted by molar-refractivity contribution is 5.81. The molecule has 2 aliphatic carbocycles. The molecule has 1 amide bonds. The van der Waals surface area contributed by atoms with E-state index >= 15 is 0 Å². The summed E-state index contributed by atoms with van der Waals surface area (Å²) >= 11 is 0. The average Bonchev–Trinajstić information content (AvgIpc) is 3.29. The van der Waals surface area contributed by atoms with Crippen molar-refractivity contribution in [2.24, 2.45) is 16.8 Å². The van der Waals surface area contributed by atoms with Gasteiger partial charge in [-0.2, -0.15) is 0 Å². The molecule has 3 fully saturated rings. The fourth-order valence-electron chi connectivity index (χ4n) is 4.46. The highest BCUT2D eigenvalue weighted by Gasteiger charge is 2.39. The minimum atomic E-state index is 0.324. The monoisotopic (exact) mass is 386 g/mol. The highest BCUT2D eigenvalue weighted by atomic mass is 16.3. The Kier molecular flexibility index (Phi) is 6.55. The van der Waals surface area contributed by atoms with Crippen LogP contribution in [0, 0.1) is 11.8 Å². The third-order valence-electron chi connectivity index (χ3n) is 6.26. The zero-order valence-corrected chi connectivity index (χ0v) is 16.9. The zero-order valence-electron chi connectivity index (χ0n) is 16.9. The first-order valence-electron chi connectivity index (χ1n) is 11.1. The molecular formula is C22H34N4O2. The Morgan fingerprint density at radius 1 is 1.14 bits per heavy atom. The number of hydrogen-bond acceptors (Lipinski definition) is 3. The van der Waals surface area contributed by atoms with Gasteiger partial charge in [0.25, 0.3) is 0 Å². The number of carbonyl (C=O) groups is 1. The van der Waals surface area contributed by atoms with E-state index in [4.69, 9.17) is 9.41 Å². The summed E-state index contributed by atoms with van der Waals surface area (Å²) in [5.74, 6) is 3.30. The van der Waals surface area contributed by atoms with Crippen LogP contribution in [0.4, 0.5) is 0 Å². The van der Waals surface area contributed by atoms with Crippen LogP contribution in [0.5, 0.6) is 0 Å². The van der Waals surface area contributed by atoms with Crippen LogP contribution in [0.25, 0.3) is 0 Å². The fourth-order valence-corrected chi connectivity index (χ4v) is 4.46. The van der Waals surface area contributed by atoms with Crippen LogP contribution in [-0.4, -0.2) is 49.0 Å². The van der Waals surface area contributed by atoms with E-state index in [1.54, 1.807) is 6.26 Å². The SMILES string of the molecule is O=C1CC(CN=C(NCCc2ccco2)NCC2CCCCC2)CN1C1CC1. The molecule has 1 unspecified atom stereocenters. The minimum absolute atomic E-state index is 0.324. The Morgan fingerprint density at radius 3 is 2.75 bits per heavy atom. The van der Waals surface area contributed by atoms with Gasteiger partial charge in [0.05, 0.1) is 6.26 Å². The molecule has 28 heavy (non-hydrogen) atoms. The van der Waals surface area contributed by atoms with Gasteiger partial charge in [-0.25, -0.2) is 0 Å². The lowest BCUT2D eigenvalue weighted by atomic mass is 9.89. The van der Waals surface area contributed by atoms with E-state index in [0.29, 0.717) is 24.3 Å². The van der Waals surface area contributed by atoms with Crippen molar-refractivity contribution in [3.63, 3.8) is 0 Å². The molecule has 1 aromatic rings. The van der Waals surface area contributed by atoms with Crippen molar-refractivity contribution in [2.75, 3.05) is 26.2 Å². The van der Waals surface area contributed by atoms with Gasteiger partial charge < -0.3 is 20.0 Å². The number of guanidine groups is 1. The normalized spacial score (nSPS) is 24.0. The Bertz CT molecular complexity index is 648. The van der Waals surface area contributed by atoms with E-state index in [0.717, 1.165) is 50.2 Å².